The first-order chi connectivity index (χ1) is 16.0. The normalized spacial score (nSPS) is 13.5. The van der Waals surface area contributed by atoms with E-state index in [0.29, 0.717) is 18.6 Å². The fraction of sp³-hybridized carbons (Fsp3) is 0.385. The summed E-state index contributed by atoms with van der Waals surface area (Å²) in [6, 6.07) is 18.8. The fourth-order valence-corrected chi connectivity index (χ4v) is 4.43. The van der Waals surface area contributed by atoms with E-state index in [2.05, 4.69) is 17.2 Å². The minimum Gasteiger partial charge on any atom is -0.394 e. The molecule has 33 heavy (non-hydrogen) atoms. The third kappa shape index (κ3) is 10.2. The third-order valence-electron chi connectivity index (χ3n) is 5.16. The molecule has 0 fully saturated rings. The minimum absolute atomic E-state index is 0.0154. The Hall–Kier alpha value is -2.61. The van der Waals surface area contributed by atoms with Crippen LogP contribution in [0.1, 0.15) is 24.0 Å². The molecule has 0 saturated carbocycles. The van der Waals surface area contributed by atoms with Crippen molar-refractivity contribution in [2.45, 2.75) is 37.1 Å². The smallest absolute Gasteiger partial charge is 0.224 e. The molecule has 0 spiro atoms. The summed E-state index contributed by atoms with van der Waals surface area (Å²) in [6.45, 7) is 3.33. The summed E-state index contributed by atoms with van der Waals surface area (Å²) in [5, 5.41) is 25.0. The lowest BCUT2D eigenvalue weighted by molar-refractivity contribution is -0.131. The van der Waals surface area contributed by atoms with Gasteiger partial charge in [0.15, 0.2) is 0 Å². The number of hydrogen-bond acceptors (Lipinski definition) is 5. The van der Waals surface area contributed by atoms with Gasteiger partial charge in [0.2, 0.25) is 11.8 Å². The fourth-order valence-electron chi connectivity index (χ4n) is 3.41. The van der Waals surface area contributed by atoms with Gasteiger partial charge in [0, 0.05) is 17.9 Å². The molecule has 0 saturated heterocycles. The quantitative estimate of drug-likeness (QED) is 0.300. The van der Waals surface area contributed by atoms with Gasteiger partial charge < -0.3 is 20.8 Å². The predicted molar refractivity (Wildman–Crippen MR) is 134 cm³/mol. The molecule has 3 atom stereocenters. The molecule has 0 radical (unpaired) electrons. The van der Waals surface area contributed by atoms with E-state index in [-0.39, 0.29) is 31.4 Å². The van der Waals surface area contributed by atoms with Crippen LogP contribution in [0.5, 0.6) is 0 Å². The number of carbonyl (C=O) groups is 2. The Morgan fingerprint density at radius 2 is 1.52 bits per heavy atom. The number of thioether (sulfide) groups is 1. The zero-order chi connectivity index (χ0) is 23.9. The summed E-state index contributed by atoms with van der Waals surface area (Å²) in [5.74, 6) is 0.175. The topological polar surface area (TPSA) is 98.7 Å². The van der Waals surface area contributed by atoms with Crippen LogP contribution in [-0.2, 0) is 21.8 Å². The Kier molecular flexibility index (Phi) is 12.3. The largest absolute Gasteiger partial charge is 0.394 e. The molecular formula is C26H34N2O4S. The van der Waals surface area contributed by atoms with E-state index in [1.54, 1.807) is 17.8 Å². The Balaban J connectivity index is 1.84. The van der Waals surface area contributed by atoms with Gasteiger partial charge in [0.25, 0.3) is 0 Å². The molecule has 178 valence electrons. The van der Waals surface area contributed by atoms with E-state index in [0.717, 1.165) is 11.3 Å². The second-order valence-corrected chi connectivity index (χ2v) is 8.98. The van der Waals surface area contributed by atoms with Crippen LogP contribution in [0.3, 0.4) is 0 Å². The molecule has 0 heterocycles. The van der Waals surface area contributed by atoms with E-state index >= 15 is 0 Å². The van der Waals surface area contributed by atoms with Crippen LogP contribution in [0.25, 0.3) is 0 Å². The van der Waals surface area contributed by atoms with E-state index in [9.17, 15) is 19.8 Å². The number of hydrogen-bond donors (Lipinski definition) is 4. The summed E-state index contributed by atoms with van der Waals surface area (Å²) in [5.41, 5.74) is 2.19. The maximum absolute atomic E-state index is 12.8. The Labute approximate surface area is 200 Å². The molecule has 2 rings (SSSR count). The van der Waals surface area contributed by atoms with Crippen molar-refractivity contribution < 1.29 is 19.8 Å². The van der Waals surface area contributed by atoms with Gasteiger partial charge in [-0.1, -0.05) is 66.7 Å². The van der Waals surface area contributed by atoms with Crippen molar-refractivity contribution in [2.75, 3.05) is 19.0 Å². The maximum Gasteiger partial charge on any atom is 0.224 e. The van der Waals surface area contributed by atoms with Crippen molar-refractivity contribution in [3.8, 4) is 0 Å². The molecule has 0 aliphatic rings. The van der Waals surface area contributed by atoms with Crippen molar-refractivity contribution in [1.29, 1.82) is 0 Å². The Bertz CT molecular complexity index is 848. The zero-order valence-corrected chi connectivity index (χ0v) is 19.7. The predicted octanol–water partition coefficient (Wildman–Crippen LogP) is 2.70. The third-order valence-corrected chi connectivity index (χ3v) is 6.34. The first kappa shape index (κ1) is 26.6. The van der Waals surface area contributed by atoms with Crippen LogP contribution in [0.4, 0.5) is 0 Å². The lowest BCUT2D eigenvalue weighted by Gasteiger charge is -2.22. The molecule has 6 nitrogen and oxygen atoms in total. The molecule has 0 bridgehead atoms. The summed E-state index contributed by atoms with van der Waals surface area (Å²) < 4.78 is 0. The molecule has 2 aromatic rings. The van der Waals surface area contributed by atoms with Crippen LogP contribution >= 0.6 is 11.8 Å². The first-order valence-corrected chi connectivity index (χ1v) is 12.3. The molecular weight excluding hydrogens is 436 g/mol. The SMILES string of the molecule is C=CC[C@H](CC(=O)N[C@@H](CO)Cc1ccccc1)C(=O)N[C@H](CO)CSCc1ccccc1. The van der Waals surface area contributed by atoms with Crippen LogP contribution < -0.4 is 10.6 Å². The number of allylic oxidation sites excluding steroid dienone is 1. The average Bonchev–Trinajstić information content (AvgIpc) is 2.83. The van der Waals surface area contributed by atoms with Crippen LogP contribution in [0, 0.1) is 5.92 Å². The number of rotatable bonds is 15. The summed E-state index contributed by atoms with van der Waals surface area (Å²) in [4.78, 5) is 25.4. The average molecular weight is 471 g/mol. The molecule has 0 unspecified atom stereocenters. The van der Waals surface area contributed by atoms with Gasteiger partial charge in [-0.25, -0.2) is 0 Å². The van der Waals surface area contributed by atoms with Gasteiger partial charge in [0.05, 0.1) is 31.2 Å². The second-order valence-electron chi connectivity index (χ2n) is 7.95. The Morgan fingerprint density at radius 1 is 0.909 bits per heavy atom. The summed E-state index contributed by atoms with van der Waals surface area (Å²) in [7, 11) is 0. The monoisotopic (exact) mass is 470 g/mol. The van der Waals surface area contributed by atoms with Crippen molar-refractivity contribution in [2.24, 2.45) is 5.92 Å². The molecule has 2 aromatic carbocycles. The van der Waals surface area contributed by atoms with Gasteiger partial charge in [-0.15, -0.1) is 6.58 Å². The van der Waals surface area contributed by atoms with Crippen molar-refractivity contribution >= 4 is 23.6 Å². The molecule has 0 aliphatic heterocycles. The van der Waals surface area contributed by atoms with Crippen LogP contribution in [0.15, 0.2) is 73.3 Å². The standard InChI is InChI=1S/C26H34N2O4S/c1-2-9-22(15-25(31)27-23(16-29)14-20-10-5-3-6-11-20)26(32)28-24(17-30)19-33-18-21-12-7-4-8-13-21/h2-8,10-13,22-24,29-30H,1,9,14-19H2,(H,27,31)(H,28,32)/t22-,23-,24-/m1/s1. The minimum atomic E-state index is -0.591. The van der Waals surface area contributed by atoms with Crippen molar-refractivity contribution in [3.05, 3.63) is 84.4 Å². The number of aliphatic hydroxyl groups is 2. The summed E-state index contributed by atoms with van der Waals surface area (Å²) >= 11 is 1.63. The highest BCUT2D eigenvalue weighted by molar-refractivity contribution is 7.98. The van der Waals surface area contributed by atoms with Gasteiger partial charge in [-0.05, 0) is 24.0 Å². The maximum atomic E-state index is 12.8. The lowest BCUT2D eigenvalue weighted by atomic mass is 9.98. The van der Waals surface area contributed by atoms with Gasteiger partial charge in [0.1, 0.15) is 0 Å². The Morgan fingerprint density at radius 3 is 2.09 bits per heavy atom. The van der Waals surface area contributed by atoms with Crippen LogP contribution in [-0.4, -0.2) is 53.1 Å². The zero-order valence-electron chi connectivity index (χ0n) is 18.9. The number of benzene rings is 2. The van der Waals surface area contributed by atoms with E-state index in [1.165, 1.54) is 5.56 Å². The van der Waals surface area contributed by atoms with E-state index in [4.69, 9.17) is 0 Å². The molecule has 7 heteroatoms. The number of amides is 2. The number of carbonyl (C=O) groups excluding carboxylic acids is 2. The number of nitrogens with one attached hydrogen (secondary N) is 2. The van der Waals surface area contributed by atoms with E-state index in [1.807, 2.05) is 60.7 Å². The molecule has 0 aromatic heterocycles. The lowest BCUT2D eigenvalue weighted by Crippen LogP contribution is -2.45. The molecule has 0 aliphatic carbocycles. The van der Waals surface area contributed by atoms with Crippen LogP contribution in [0.2, 0.25) is 0 Å². The van der Waals surface area contributed by atoms with Gasteiger partial charge in [-0.3, -0.25) is 9.59 Å². The molecule has 4 N–H and O–H groups in total. The summed E-state index contributed by atoms with van der Waals surface area (Å²) in [6.07, 6.45) is 2.45. The second kappa shape index (κ2) is 15.3. The highest BCUT2D eigenvalue weighted by atomic mass is 32.2. The van der Waals surface area contributed by atoms with Gasteiger partial charge >= 0.3 is 0 Å². The first-order valence-electron chi connectivity index (χ1n) is 11.1. The molecule has 2 amide bonds. The van der Waals surface area contributed by atoms with Gasteiger partial charge in [-0.2, -0.15) is 11.8 Å². The highest BCUT2D eigenvalue weighted by Gasteiger charge is 2.24. The van der Waals surface area contributed by atoms with Crippen molar-refractivity contribution in [3.63, 3.8) is 0 Å². The van der Waals surface area contributed by atoms with Crippen molar-refractivity contribution in [1.82, 2.24) is 10.6 Å². The van der Waals surface area contributed by atoms with E-state index < -0.39 is 18.0 Å². The highest BCUT2D eigenvalue weighted by Crippen LogP contribution is 2.15. The number of aliphatic hydroxyl groups excluding tert-OH is 2.